The largest absolute Gasteiger partial charge is 0.325 e. The van der Waals surface area contributed by atoms with Crippen molar-refractivity contribution in [3.63, 3.8) is 0 Å². The molecule has 2 aromatic rings. The molecule has 0 unspecified atom stereocenters. The van der Waals surface area contributed by atoms with E-state index in [0.717, 1.165) is 18.2 Å². The van der Waals surface area contributed by atoms with Crippen molar-refractivity contribution in [2.45, 2.75) is 12.8 Å². The lowest BCUT2D eigenvalue weighted by Crippen LogP contribution is -2.29. The number of para-hydroxylation sites is 1. The first-order chi connectivity index (χ1) is 12.2. The highest BCUT2D eigenvalue weighted by Crippen LogP contribution is 2.27. The maximum atomic E-state index is 11.9. The molecule has 25 heavy (non-hydrogen) atoms. The molecule has 6 nitrogen and oxygen atoms in total. The zero-order chi connectivity index (χ0) is 17.5. The van der Waals surface area contributed by atoms with Gasteiger partial charge in [-0.15, -0.1) is 0 Å². The molecule has 1 fully saturated rings. The summed E-state index contributed by atoms with van der Waals surface area (Å²) in [6, 6.07) is 15.9. The van der Waals surface area contributed by atoms with Crippen LogP contribution in [-0.4, -0.2) is 25.0 Å². The molecule has 0 spiro atoms. The van der Waals surface area contributed by atoms with Crippen LogP contribution in [0.25, 0.3) is 0 Å². The van der Waals surface area contributed by atoms with E-state index >= 15 is 0 Å². The number of hydrogen-bond donors (Lipinski definition) is 4. The zero-order valence-electron chi connectivity index (χ0n) is 13.9. The third-order valence-electron chi connectivity index (χ3n) is 3.87. The van der Waals surface area contributed by atoms with Crippen LogP contribution in [0.15, 0.2) is 54.6 Å². The minimum absolute atomic E-state index is 0.0665. The van der Waals surface area contributed by atoms with Gasteiger partial charge in [0.2, 0.25) is 5.91 Å². The number of carbonyl (C=O) groups excluding carboxylic acids is 2. The summed E-state index contributed by atoms with van der Waals surface area (Å²) >= 11 is 0. The molecule has 0 bridgehead atoms. The van der Waals surface area contributed by atoms with E-state index in [9.17, 15) is 9.59 Å². The van der Waals surface area contributed by atoms with Crippen LogP contribution in [0, 0.1) is 5.92 Å². The average Bonchev–Trinajstić information content (AvgIpc) is 3.42. The van der Waals surface area contributed by atoms with E-state index in [1.807, 2.05) is 30.3 Å². The Morgan fingerprint density at radius 3 is 1.96 bits per heavy atom. The third kappa shape index (κ3) is 5.93. The Labute approximate surface area is 147 Å². The Balaban J connectivity index is 1.43. The highest BCUT2D eigenvalue weighted by atomic mass is 16.2. The number of benzene rings is 2. The number of rotatable bonds is 7. The molecule has 0 radical (unpaired) electrons. The van der Waals surface area contributed by atoms with Crippen LogP contribution >= 0.6 is 0 Å². The molecular formula is C19H22N4O2. The Hall–Kier alpha value is -2.86. The Bertz CT molecular complexity index is 712. The zero-order valence-corrected chi connectivity index (χ0v) is 13.9. The molecule has 0 saturated heterocycles. The van der Waals surface area contributed by atoms with Gasteiger partial charge >= 0.3 is 6.03 Å². The molecule has 3 amide bonds. The quantitative estimate of drug-likeness (QED) is 0.625. The van der Waals surface area contributed by atoms with Crippen molar-refractivity contribution in [3.8, 4) is 0 Å². The highest BCUT2D eigenvalue weighted by molar-refractivity contribution is 6.00. The van der Waals surface area contributed by atoms with Gasteiger partial charge in [-0.2, -0.15) is 0 Å². The number of nitrogens with one attached hydrogen (secondary N) is 4. The molecule has 0 aromatic heterocycles. The average molecular weight is 338 g/mol. The molecule has 0 atom stereocenters. The van der Waals surface area contributed by atoms with Crippen molar-refractivity contribution in [1.82, 2.24) is 5.32 Å². The van der Waals surface area contributed by atoms with E-state index in [2.05, 4.69) is 21.3 Å². The van der Waals surface area contributed by atoms with Gasteiger partial charge in [-0.1, -0.05) is 18.2 Å². The highest BCUT2D eigenvalue weighted by Gasteiger charge is 2.20. The van der Waals surface area contributed by atoms with E-state index < -0.39 is 0 Å². The molecule has 1 aliphatic carbocycles. The fourth-order valence-electron chi connectivity index (χ4n) is 2.37. The second-order valence-electron chi connectivity index (χ2n) is 6.14. The van der Waals surface area contributed by atoms with Gasteiger partial charge in [0.05, 0.1) is 6.54 Å². The Morgan fingerprint density at radius 1 is 0.800 bits per heavy atom. The maximum absolute atomic E-state index is 11.9. The molecule has 6 heteroatoms. The molecule has 1 aliphatic rings. The minimum Gasteiger partial charge on any atom is -0.325 e. The van der Waals surface area contributed by atoms with Crippen molar-refractivity contribution in [3.05, 3.63) is 54.6 Å². The van der Waals surface area contributed by atoms with E-state index in [1.54, 1.807) is 24.3 Å². The van der Waals surface area contributed by atoms with Gasteiger partial charge in [0.15, 0.2) is 0 Å². The van der Waals surface area contributed by atoms with Crippen molar-refractivity contribution in [2.75, 3.05) is 29.0 Å². The first-order valence-electron chi connectivity index (χ1n) is 8.43. The molecule has 3 rings (SSSR count). The fourth-order valence-corrected chi connectivity index (χ4v) is 2.37. The first kappa shape index (κ1) is 17.0. The predicted molar refractivity (Wildman–Crippen MR) is 99.7 cm³/mol. The smallest absolute Gasteiger partial charge is 0.323 e. The lowest BCUT2D eigenvalue weighted by Gasteiger charge is -2.09. The van der Waals surface area contributed by atoms with Crippen molar-refractivity contribution in [2.24, 2.45) is 5.92 Å². The summed E-state index contributed by atoms with van der Waals surface area (Å²) in [5.41, 5.74) is 2.08. The first-order valence-corrected chi connectivity index (χ1v) is 8.43. The van der Waals surface area contributed by atoms with Crippen molar-refractivity contribution >= 4 is 29.0 Å². The Kier molecular flexibility index (Phi) is 5.64. The summed E-state index contributed by atoms with van der Waals surface area (Å²) in [5, 5.41) is 11.5. The normalized spacial score (nSPS) is 13.1. The van der Waals surface area contributed by atoms with Crippen LogP contribution < -0.4 is 21.3 Å². The van der Waals surface area contributed by atoms with Gasteiger partial charge in [0.1, 0.15) is 0 Å². The van der Waals surface area contributed by atoms with Gasteiger partial charge in [0, 0.05) is 17.1 Å². The molecule has 0 heterocycles. The Morgan fingerprint density at radius 2 is 1.36 bits per heavy atom. The standard InChI is InChI=1S/C19H22N4O2/c24-18(13-20-12-14-6-7-14)21-16-8-10-17(11-9-16)23-19(25)22-15-4-2-1-3-5-15/h1-5,8-11,14,20H,6-7,12-13H2,(H,21,24)(H2,22,23,25). The van der Waals surface area contributed by atoms with Crippen LogP contribution in [0.1, 0.15) is 12.8 Å². The van der Waals surface area contributed by atoms with E-state index in [-0.39, 0.29) is 11.9 Å². The molecule has 2 aromatic carbocycles. The van der Waals surface area contributed by atoms with Crippen LogP contribution in [0.3, 0.4) is 0 Å². The maximum Gasteiger partial charge on any atom is 0.323 e. The molecular weight excluding hydrogens is 316 g/mol. The SMILES string of the molecule is O=C(CNCC1CC1)Nc1ccc(NC(=O)Nc2ccccc2)cc1. The summed E-state index contributed by atoms with van der Waals surface area (Å²) in [6.07, 6.45) is 2.53. The lowest BCUT2D eigenvalue weighted by molar-refractivity contribution is -0.115. The second-order valence-corrected chi connectivity index (χ2v) is 6.14. The van der Waals surface area contributed by atoms with E-state index in [0.29, 0.717) is 17.9 Å². The van der Waals surface area contributed by atoms with Crippen molar-refractivity contribution < 1.29 is 9.59 Å². The van der Waals surface area contributed by atoms with Crippen LogP contribution in [-0.2, 0) is 4.79 Å². The summed E-state index contributed by atoms with van der Waals surface area (Å²) in [4.78, 5) is 23.7. The summed E-state index contributed by atoms with van der Waals surface area (Å²) in [5.74, 6) is 0.684. The number of amides is 3. The van der Waals surface area contributed by atoms with Gasteiger partial charge in [-0.05, 0) is 61.7 Å². The van der Waals surface area contributed by atoms with Gasteiger partial charge in [-0.25, -0.2) is 4.79 Å². The van der Waals surface area contributed by atoms with Crippen LogP contribution in [0.2, 0.25) is 0 Å². The van der Waals surface area contributed by atoms with E-state index in [1.165, 1.54) is 12.8 Å². The number of anilines is 3. The second kappa shape index (κ2) is 8.30. The predicted octanol–water partition coefficient (Wildman–Crippen LogP) is 3.27. The molecule has 4 N–H and O–H groups in total. The van der Waals surface area contributed by atoms with Crippen LogP contribution in [0.4, 0.5) is 21.9 Å². The monoisotopic (exact) mass is 338 g/mol. The van der Waals surface area contributed by atoms with Gasteiger partial charge in [0.25, 0.3) is 0 Å². The number of hydrogen-bond acceptors (Lipinski definition) is 3. The number of urea groups is 1. The summed E-state index contributed by atoms with van der Waals surface area (Å²) in [7, 11) is 0. The van der Waals surface area contributed by atoms with Crippen LogP contribution in [0.5, 0.6) is 0 Å². The third-order valence-corrected chi connectivity index (χ3v) is 3.87. The topological polar surface area (TPSA) is 82.3 Å². The minimum atomic E-state index is -0.313. The van der Waals surface area contributed by atoms with Gasteiger partial charge < -0.3 is 21.3 Å². The lowest BCUT2D eigenvalue weighted by atomic mass is 10.2. The van der Waals surface area contributed by atoms with Gasteiger partial charge in [-0.3, -0.25) is 4.79 Å². The van der Waals surface area contributed by atoms with E-state index in [4.69, 9.17) is 0 Å². The number of carbonyl (C=O) groups is 2. The molecule has 0 aliphatic heterocycles. The summed E-state index contributed by atoms with van der Waals surface area (Å²) in [6.45, 7) is 1.22. The molecule has 130 valence electrons. The fraction of sp³-hybridized carbons (Fsp3) is 0.263. The molecule has 1 saturated carbocycles. The van der Waals surface area contributed by atoms with Crippen molar-refractivity contribution in [1.29, 1.82) is 0 Å². The summed E-state index contributed by atoms with van der Waals surface area (Å²) < 4.78 is 0.